The molecule has 0 aliphatic carbocycles. The number of thioether (sulfide) groups is 1. The lowest BCUT2D eigenvalue weighted by atomic mass is 10.1. The van der Waals surface area contributed by atoms with Crippen LogP contribution in [0.15, 0.2) is 58.2 Å². The van der Waals surface area contributed by atoms with Gasteiger partial charge in [-0.25, -0.2) is 4.68 Å². The van der Waals surface area contributed by atoms with Crippen LogP contribution >= 0.6 is 11.8 Å². The maximum absolute atomic E-state index is 12.1. The molecule has 2 aromatic carbocycles. The van der Waals surface area contributed by atoms with E-state index in [1.165, 1.54) is 9.58 Å². The van der Waals surface area contributed by atoms with Crippen LogP contribution in [0.1, 0.15) is 0 Å². The summed E-state index contributed by atoms with van der Waals surface area (Å²) in [5.74, 6) is 0. The molecule has 0 fully saturated rings. The van der Waals surface area contributed by atoms with E-state index >= 15 is 0 Å². The summed E-state index contributed by atoms with van der Waals surface area (Å²) in [6, 6.07) is 15.8. The van der Waals surface area contributed by atoms with Gasteiger partial charge in [0.1, 0.15) is 0 Å². The summed E-state index contributed by atoms with van der Waals surface area (Å²) in [4.78, 5) is 13.3. The molecule has 4 heteroatoms. The van der Waals surface area contributed by atoms with Crippen molar-refractivity contribution >= 4 is 22.5 Å². The van der Waals surface area contributed by atoms with E-state index in [0.29, 0.717) is 5.39 Å². The Labute approximate surface area is 121 Å². The Hall–Kier alpha value is -2.07. The van der Waals surface area contributed by atoms with Gasteiger partial charge >= 0.3 is 0 Å². The van der Waals surface area contributed by atoms with Crippen LogP contribution in [-0.2, 0) is 7.05 Å². The van der Waals surface area contributed by atoms with E-state index < -0.39 is 0 Å². The van der Waals surface area contributed by atoms with Crippen molar-refractivity contribution in [2.45, 2.75) is 4.90 Å². The summed E-state index contributed by atoms with van der Waals surface area (Å²) in [6.45, 7) is 0. The van der Waals surface area contributed by atoms with Crippen molar-refractivity contribution in [1.29, 1.82) is 0 Å². The molecule has 0 amide bonds. The van der Waals surface area contributed by atoms with E-state index in [2.05, 4.69) is 23.5 Å². The number of hydrogen-bond acceptors (Lipinski definition) is 3. The lowest BCUT2D eigenvalue weighted by Gasteiger charge is -2.08. The molecule has 0 aliphatic heterocycles. The van der Waals surface area contributed by atoms with Crippen molar-refractivity contribution in [2.24, 2.45) is 7.05 Å². The first-order valence-electron chi connectivity index (χ1n) is 6.31. The van der Waals surface area contributed by atoms with E-state index in [1.807, 2.05) is 36.4 Å². The van der Waals surface area contributed by atoms with Crippen molar-refractivity contribution in [1.82, 2.24) is 9.78 Å². The predicted molar refractivity (Wildman–Crippen MR) is 84.2 cm³/mol. The van der Waals surface area contributed by atoms with E-state index in [1.54, 1.807) is 18.8 Å². The maximum Gasteiger partial charge on any atom is 0.274 e. The third-order valence-corrected chi connectivity index (χ3v) is 4.06. The zero-order valence-corrected chi connectivity index (χ0v) is 12.1. The monoisotopic (exact) mass is 282 g/mol. The number of benzene rings is 2. The smallest absolute Gasteiger partial charge is 0.267 e. The summed E-state index contributed by atoms with van der Waals surface area (Å²) < 4.78 is 1.40. The van der Waals surface area contributed by atoms with Crippen molar-refractivity contribution in [3.63, 3.8) is 0 Å². The van der Waals surface area contributed by atoms with Crippen molar-refractivity contribution in [3.8, 4) is 11.3 Å². The Balaban J connectivity index is 2.30. The van der Waals surface area contributed by atoms with E-state index in [9.17, 15) is 4.79 Å². The molecule has 3 rings (SSSR count). The first-order chi connectivity index (χ1) is 9.70. The fourth-order valence-corrected chi connectivity index (χ4v) is 2.67. The van der Waals surface area contributed by atoms with Crippen LogP contribution in [0.25, 0.3) is 22.0 Å². The molecule has 0 bridgehead atoms. The van der Waals surface area contributed by atoms with Gasteiger partial charge in [0.25, 0.3) is 5.56 Å². The van der Waals surface area contributed by atoms with Gasteiger partial charge < -0.3 is 0 Å². The molecule has 0 N–H and O–H groups in total. The first kappa shape index (κ1) is 12.9. The minimum Gasteiger partial charge on any atom is -0.267 e. The third kappa shape index (κ3) is 2.12. The summed E-state index contributed by atoms with van der Waals surface area (Å²) in [7, 11) is 1.69. The Bertz CT molecular complexity index is 822. The Kier molecular flexibility index (Phi) is 3.32. The summed E-state index contributed by atoms with van der Waals surface area (Å²) in [5, 5.41) is 6.02. The van der Waals surface area contributed by atoms with Crippen molar-refractivity contribution < 1.29 is 0 Å². The summed E-state index contributed by atoms with van der Waals surface area (Å²) in [5.41, 5.74) is 1.80. The molecular formula is C16H14N2OS. The second kappa shape index (κ2) is 5.13. The molecular weight excluding hydrogens is 268 g/mol. The van der Waals surface area contributed by atoms with Gasteiger partial charge in [0.05, 0.1) is 11.1 Å². The van der Waals surface area contributed by atoms with Gasteiger partial charge in [-0.15, -0.1) is 11.8 Å². The van der Waals surface area contributed by atoms with Gasteiger partial charge in [-0.3, -0.25) is 4.79 Å². The molecule has 0 unspecified atom stereocenters. The summed E-state index contributed by atoms with van der Waals surface area (Å²) in [6.07, 6.45) is 2.05. The van der Waals surface area contributed by atoms with Crippen molar-refractivity contribution in [3.05, 3.63) is 58.9 Å². The number of aromatic nitrogens is 2. The average Bonchev–Trinajstić information content (AvgIpc) is 2.51. The Morgan fingerprint density at radius 1 is 1.00 bits per heavy atom. The Morgan fingerprint density at radius 3 is 2.30 bits per heavy atom. The molecule has 0 radical (unpaired) electrons. The highest BCUT2D eigenvalue weighted by Crippen LogP contribution is 2.26. The van der Waals surface area contributed by atoms with Crippen LogP contribution < -0.4 is 5.56 Å². The molecule has 3 aromatic rings. The summed E-state index contributed by atoms with van der Waals surface area (Å²) >= 11 is 1.71. The zero-order valence-electron chi connectivity index (χ0n) is 11.3. The second-order valence-corrected chi connectivity index (χ2v) is 5.43. The highest BCUT2D eigenvalue weighted by molar-refractivity contribution is 7.98. The largest absolute Gasteiger partial charge is 0.274 e. The van der Waals surface area contributed by atoms with Gasteiger partial charge in [-0.2, -0.15) is 5.10 Å². The van der Waals surface area contributed by atoms with E-state index in [-0.39, 0.29) is 5.56 Å². The number of rotatable bonds is 2. The van der Waals surface area contributed by atoms with Crippen LogP contribution in [0.4, 0.5) is 0 Å². The fraction of sp³-hybridized carbons (Fsp3) is 0.125. The van der Waals surface area contributed by atoms with Gasteiger partial charge in [0.2, 0.25) is 0 Å². The molecule has 0 atom stereocenters. The average molecular weight is 282 g/mol. The SMILES string of the molecule is CSc1ccc(-c2nn(C)c(=O)c3ccccc23)cc1. The Morgan fingerprint density at radius 2 is 1.65 bits per heavy atom. The maximum atomic E-state index is 12.1. The van der Waals surface area contributed by atoms with Crippen LogP contribution in [0.2, 0.25) is 0 Å². The van der Waals surface area contributed by atoms with E-state index in [4.69, 9.17) is 0 Å². The number of fused-ring (bicyclic) bond motifs is 1. The van der Waals surface area contributed by atoms with Crippen molar-refractivity contribution in [2.75, 3.05) is 6.26 Å². The molecule has 0 spiro atoms. The van der Waals surface area contributed by atoms with Gasteiger partial charge in [-0.05, 0) is 24.5 Å². The van der Waals surface area contributed by atoms with Crippen LogP contribution in [0.3, 0.4) is 0 Å². The number of hydrogen-bond donors (Lipinski definition) is 0. The highest BCUT2D eigenvalue weighted by Gasteiger charge is 2.10. The van der Waals surface area contributed by atoms with Gasteiger partial charge in [0.15, 0.2) is 0 Å². The van der Waals surface area contributed by atoms with Crippen LogP contribution in [0, 0.1) is 0 Å². The lowest BCUT2D eigenvalue weighted by molar-refractivity contribution is 0.722. The standard InChI is InChI=1S/C16H14N2OS/c1-18-16(19)14-6-4-3-5-13(14)15(17-18)11-7-9-12(20-2)10-8-11/h3-10H,1-2H3. The van der Waals surface area contributed by atoms with E-state index in [0.717, 1.165) is 16.6 Å². The fourth-order valence-electron chi connectivity index (χ4n) is 2.26. The minimum atomic E-state index is -0.0647. The number of aryl methyl sites for hydroxylation is 1. The quantitative estimate of drug-likeness (QED) is 0.676. The van der Waals surface area contributed by atoms with Gasteiger partial charge in [-0.1, -0.05) is 30.3 Å². The topological polar surface area (TPSA) is 34.9 Å². The minimum absolute atomic E-state index is 0.0647. The molecule has 0 saturated carbocycles. The third-order valence-electron chi connectivity index (χ3n) is 3.32. The molecule has 1 aromatic heterocycles. The highest BCUT2D eigenvalue weighted by atomic mass is 32.2. The normalized spacial score (nSPS) is 10.9. The number of nitrogens with zero attached hydrogens (tertiary/aromatic N) is 2. The molecule has 3 nitrogen and oxygen atoms in total. The molecule has 0 saturated heterocycles. The molecule has 100 valence electrons. The predicted octanol–water partition coefficient (Wildman–Crippen LogP) is 3.32. The molecule has 1 heterocycles. The molecule has 20 heavy (non-hydrogen) atoms. The lowest BCUT2D eigenvalue weighted by Crippen LogP contribution is -2.20. The zero-order chi connectivity index (χ0) is 14.1. The van der Waals surface area contributed by atoms with Crippen LogP contribution in [-0.4, -0.2) is 16.0 Å². The molecule has 0 aliphatic rings. The van der Waals surface area contributed by atoms with Gasteiger partial charge in [0, 0.05) is 22.9 Å². The first-order valence-corrected chi connectivity index (χ1v) is 7.53. The van der Waals surface area contributed by atoms with Crippen LogP contribution in [0.5, 0.6) is 0 Å². The second-order valence-electron chi connectivity index (χ2n) is 4.55.